The Morgan fingerprint density at radius 3 is 2.32 bits per heavy atom. The maximum absolute atomic E-state index is 11.7. The second kappa shape index (κ2) is 9.05. The molecule has 0 bridgehead atoms. The number of hydrazine groups is 2. The fourth-order valence-electron chi connectivity index (χ4n) is 2.52. The zero-order chi connectivity index (χ0) is 22.3. The number of hydrogen-bond acceptors (Lipinski definition) is 11. The summed E-state index contributed by atoms with van der Waals surface area (Å²) in [5.74, 6) is -0.0786. The molecular formula is C14H13N5NaO9S2. The Bertz CT molecular complexity index is 1280. The molecule has 1 heterocycles. The molecule has 0 unspecified atom stereocenters. The molecule has 2 aromatic carbocycles. The van der Waals surface area contributed by atoms with E-state index < -0.39 is 35.0 Å². The van der Waals surface area contributed by atoms with Crippen LogP contribution in [0.15, 0.2) is 51.3 Å². The van der Waals surface area contributed by atoms with Gasteiger partial charge < -0.3 is 4.74 Å². The van der Waals surface area contributed by atoms with Crippen LogP contribution in [0.4, 0.5) is 11.4 Å². The van der Waals surface area contributed by atoms with Crippen molar-refractivity contribution in [2.75, 3.05) is 12.2 Å². The SMILES string of the molecule is COc1cc([N+](=O)[O-])ccc1N1N=C(c2ccc(S(=O)(=O)O)cc2S(=O)(=O)O)NN1.[Na]. The normalized spacial score (nSPS) is 13.8. The van der Waals surface area contributed by atoms with Gasteiger partial charge in [0.2, 0.25) is 0 Å². The van der Waals surface area contributed by atoms with Crippen LogP contribution in [0, 0.1) is 10.1 Å². The average Bonchev–Trinajstić information content (AvgIpc) is 3.15. The summed E-state index contributed by atoms with van der Waals surface area (Å²) in [6.07, 6.45) is 0. The summed E-state index contributed by atoms with van der Waals surface area (Å²) in [4.78, 5) is 8.71. The van der Waals surface area contributed by atoms with Crippen LogP contribution in [0.25, 0.3) is 0 Å². The number of benzene rings is 2. The molecule has 3 rings (SSSR count). The second-order valence-corrected chi connectivity index (χ2v) is 8.53. The Kier molecular flexibility index (Phi) is 7.28. The molecule has 0 aromatic heterocycles. The van der Waals surface area contributed by atoms with Gasteiger partial charge >= 0.3 is 0 Å². The van der Waals surface area contributed by atoms with E-state index in [1.807, 2.05) is 0 Å². The van der Waals surface area contributed by atoms with Gasteiger partial charge in [0.25, 0.3) is 25.9 Å². The number of amidine groups is 1. The Morgan fingerprint density at radius 2 is 1.77 bits per heavy atom. The summed E-state index contributed by atoms with van der Waals surface area (Å²) in [6.45, 7) is 0. The Hall–Kier alpha value is -2.31. The zero-order valence-electron chi connectivity index (χ0n) is 15.9. The first kappa shape index (κ1) is 25.0. The molecule has 0 saturated heterocycles. The molecule has 4 N–H and O–H groups in total. The number of nitrogens with one attached hydrogen (secondary N) is 2. The number of nitro groups is 1. The minimum atomic E-state index is -4.91. The van der Waals surface area contributed by atoms with Crippen molar-refractivity contribution in [1.29, 1.82) is 0 Å². The third kappa shape index (κ3) is 5.31. The average molecular weight is 482 g/mol. The van der Waals surface area contributed by atoms with E-state index in [0.29, 0.717) is 6.07 Å². The standard InChI is InChI=1S/C14H13N5O9S2.Na/c1-28-12-6-8(19(20)21)2-5-11(12)18-16-14(15-17-18)10-4-3-9(29(22,23)24)7-13(10)30(25,26)27;/h2-7,17H,1H3,(H,15,16)(H,22,23,24)(H,25,26,27);. The van der Waals surface area contributed by atoms with E-state index in [0.717, 1.165) is 23.3 Å². The third-order valence-electron chi connectivity index (χ3n) is 3.87. The number of methoxy groups -OCH3 is 1. The van der Waals surface area contributed by atoms with Gasteiger partial charge in [-0.3, -0.25) is 24.6 Å². The van der Waals surface area contributed by atoms with Crippen molar-refractivity contribution >= 4 is 67.0 Å². The van der Waals surface area contributed by atoms with Crippen molar-refractivity contribution in [3.63, 3.8) is 0 Å². The van der Waals surface area contributed by atoms with E-state index in [-0.39, 0.29) is 58.1 Å². The van der Waals surface area contributed by atoms with Crippen molar-refractivity contribution in [3.8, 4) is 5.75 Å². The van der Waals surface area contributed by atoms with Gasteiger partial charge in [-0.05, 0) is 24.3 Å². The fraction of sp³-hybridized carbons (Fsp3) is 0.0714. The number of ether oxygens (including phenoxy) is 1. The monoisotopic (exact) mass is 482 g/mol. The maximum Gasteiger partial charge on any atom is 0.295 e. The smallest absolute Gasteiger partial charge is 0.295 e. The van der Waals surface area contributed by atoms with Crippen LogP contribution in [0.5, 0.6) is 5.75 Å². The van der Waals surface area contributed by atoms with Gasteiger partial charge in [0, 0.05) is 41.2 Å². The van der Waals surface area contributed by atoms with E-state index in [2.05, 4.69) is 16.1 Å². The summed E-state index contributed by atoms with van der Waals surface area (Å²) in [5.41, 5.74) is 4.84. The van der Waals surface area contributed by atoms with Gasteiger partial charge in [0.1, 0.15) is 10.6 Å². The van der Waals surface area contributed by atoms with Gasteiger partial charge in [0.15, 0.2) is 11.6 Å². The summed E-state index contributed by atoms with van der Waals surface area (Å²) in [7, 11) is -8.36. The van der Waals surface area contributed by atoms with Crippen molar-refractivity contribution < 1.29 is 35.6 Å². The van der Waals surface area contributed by atoms with E-state index in [1.54, 1.807) is 0 Å². The molecule has 161 valence electrons. The van der Waals surface area contributed by atoms with Gasteiger partial charge in [-0.15, -0.1) is 10.6 Å². The van der Waals surface area contributed by atoms with Crippen molar-refractivity contribution in [1.82, 2.24) is 11.0 Å². The molecule has 0 fully saturated rings. The van der Waals surface area contributed by atoms with Crippen LogP contribution in [-0.2, 0) is 20.2 Å². The summed E-state index contributed by atoms with van der Waals surface area (Å²) < 4.78 is 69.7. The number of nitrogens with zero attached hydrogens (tertiary/aromatic N) is 3. The predicted octanol–water partition coefficient (Wildman–Crippen LogP) is -0.0930. The fourth-order valence-corrected chi connectivity index (χ4v) is 3.82. The first-order chi connectivity index (χ1) is 13.9. The van der Waals surface area contributed by atoms with Crippen LogP contribution < -0.4 is 20.8 Å². The molecule has 0 amide bonds. The Morgan fingerprint density at radius 1 is 1.10 bits per heavy atom. The third-order valence-corrected chi connectivity index (χ3v) is 5.61. The van der Waals surface area contributed by atoms with E-state index in [4.69, 9.17) is 9.29 Å². The van der Waals surface area contributed by atoms with Gasteiger partial charge in [-0.25, -0.2) is 0 Å². The number of hydrogen-bond donors (Lipinski definition) is 4. The first-order valence-electron chi connectivity index (χ1n) is 7.74. The van der Waals surface area contributed by atoms with E-state index in [9.17, 15) is 31.5 Å². The number of anilines is 1. The summed E-state index contributed by atoms with van der Waals surface area (Å²) in [5, 5.41) is 16.0. The Labute approximate surface area is 197 Å². The summed E-state index contributed by atoms with van der Waals surface area (Å²) in [6, 6.07) is 6.16. The van der Waals surface area contributed by atoms with Crippen molar-refractivity contribution in [2.24, 2.45) is 5.10 Å². The van der Waals surface area contributed by atoms with Crippen molar-refractivity contribution in [2.45, 2.75) is 9.79 Å². The molecule has 0 aliphatic carbocycles. The number of rotatable bonds is 6. The first-order valence-corrected chi connectivity index (χ1v) is 10.6. The molecule has 0 spiro atoms. The topological polar surface area (TPSA) is 201 Å². The molecule has 17 heteroatoms. The van der Waals surface area contributed by atoms with Gasteiger partial charge in [-0.2, -0.15) is 22.0 Å². The molecule has 31 heavy (non-hydrogen) atoms. The van der Waals surface area contributed by atoms with E-state index in [1.165, 1.54) is 19.2 Å². The second-order valence-electron chi connectivity index (χ2n) is 5.72. The van der Waals surface area contributed by atoms with Gasteiger partial charge in [-0.1, -0.05) is 0 Å². The molecule has 14 nitrogen and oxygen atoms in total. The molecular weight excluding hydrogens is 469 g/mol. The van der Waals surface area contributed by atoms with Crippen LogP contribution in [-0.4, -0.2) is 73.4 Å². The largest absolute Gasteiger partial charge is 0.494 e. The van der Waals surface area contributed by atoms with Crippen LogP contribution in [0.1, 0.15) is 5.56 Å². The van der Waals surface area contributed by atoms with Crippen LogP contribution in [0.2, 0.25) is 0 Å². The van der Waals surface area contributed by atoms with Gasteiger partial charge in [0.05, 0.1) is 23.0 Å². The predicted molar refractivity (Wildman–Crippen MR) is 107 cm³/mol. The van der Waals surface area contributed by atoms with E-state index >= 15 is 0 Å². The molecule has 2 aromatic rings. The number of non-ortho nitro benzene ring substituents is 1. The summed E-state index contributed by atoms with van der Waals surface area (Å²) >= 11 is 0. The molecule has 1 aliphatic rings. The minimum absolute atomic E-state index is 0. The number of nitro benzene ring substituents is 1. The molecule has 0 atom stereocenters. The van der Waals surface area contributed by atoms with Crippen LogP contribution >= 0.6 is 0 Å². The molecule has 0 saturated carbocycles. The van der Waals surface area contributed by atoms with Crippen LogP contribution in [0.3, 0.4) is 0 Å². The molecule has 1 radical (unpaired) electrons. The molecule has 1 aliphatic heterocycles. The quantitative estimate of drug-likeness (QED) is 0.185. The maximum atomic E-state index is 11.7. The number of hydrazone groups is 1. The zero-order valence-corrected chi connectivity index (χ0v) is 19.5. The Balaban J connectivity index is 0.00000341. The minimum Gasteiger partial charge on any atom is -0.494 e. The van der Waals surface area contributed by atoms with Crippen molar-refractivity contribution in [3.05, 3.63) is 52.1 Å².